The first-order valence-corrected chi connectivity index (χ1v) is 10.8. The summed E-state index contributed by atoms with van der Waals surface area (Å²) in [6, 6.07) is 14.2. The van der Waals surface area contributed by atoms with Crippen molar-refractivity contribution in [2.24, 2.45) is 5.73 Å². The van der Waals surface area contributed by atoms with Crippen molar-refractivity contribution in [3.8, 4) is 22.8 Å². The first-order chi connectivity index (χ1) is 17.0. The van der Waals surface area contributed by atoms with Gasteiger partial charge in [-0.3, -0.25) is 9.78 Å². The van der Waals surface area contributed by atoms with Gasteiger partial charge in [0.15, 0.2) is 5.75 Å². The van der Waals surface area contributed by atoms with Crippen molar-refractivity contribution in [1.29, 1.82) is 0 Å². The Labute approximate surface area is 201 Å². The lowest BCUT2D eigenvalue weighted by Crippen LogP contribution is -2.14. The standard InChI is InChI=1S/C26H24N4O5/c1-4-35-26(32)16-6-5-7-17(12-16)30-22-19-9-8-15(13-21(19)29-14-20(22)24(27)31)18-10-11-28-25(34-3)23(18)33-2/h5-14H,4H2,1-3H3,(H2,27,31)(H,29,30). The molecule has 0 radical (unpaired) electrons. The molecule has 0 bridgehead atoms. The smallest absolute Gasteiger partial charge is 0.338 e. The van der Waals surface area contributed by atoms with Crippen molar-refractivity contribution in [3.05, 3.63) is 72.1 Å². The van der Waals surface area contributed by atoms with Gasteiger partial charge in [0.1, 0.15) is 0 Å². The summed E-state index contributed by atoms with van der Waals surface area (Å²) in [7, 11) is 3.07. The molecular weight excluding hydrogens is 448 g/mol. The molecule has 0 saturated carbocycles. The van der Waals surface area contributed by atoms with E-state index in [1.807, 2.05) is 24.3 Å². The fourth-order valence-electron chi connectivity index (χ4n) is 3.76. The minimum Gasteiger partial charge on any atom is -0.491 e. The van der Waals surface area contributed by atoms with E-state index < -0.39 is 11.9 Å². The summed E-state index contributed by atoms with van der Waals surface area (Å²) >= 11 is 0. The number of primary amides is 1. The molecule has 0 aliphatic rings. The number of esters is 1. The third-order valence-electron chi connectivity index (χ3n) is 5.36. The number of carbonyl (C=O) groups excluding carboxylic acids is 2. The van der Waals surface area contributed by atoms with Crippen molar-refractivity contribution in [2.45, 2.75) is 6.92 Å². The number of pyridine rings is 2. The highest BCUT2D eigenvalue weighted by atomic mass is 16.5. The molecule has 4 aromatic rings. The Morgan fingerprint density at radius 3 is 2.57 bits per heavy atom. The number of nitrogens with zero attached hydrogens (tertiary/aromatic N) is 2. The van der Waals surface area contributed by atoms with Gasteiger partial charge in [0.25, 0.3) is 11.8 Å². The molecule has 9 heteroatoms. The van der Waals surface area contributed by atoms with Crippen LogP contribution < -0.4 is 20.5 Å². The number of carbonyl (C=O) groups is 2. The van der Waals surface area contributed by atoms with E-state index in [0.29, 0.717) is 39.5 Å². The van der Waals surface area contributed by atoms with Crippen molar-refractivity contribution in [2.75, 3.05) is 26.1 Å². The number of nitrogens with two attached hydrogens (primary N) is 1. The molecule has 0 spiro atoms. The van der Waals surface area contributed by atoms with E-state index in [2.05, 4.69) is 15.3 Å². The predicted octanol–water partition coefficient (Wildman–Crippen LogP) is 4.33. The molecule has 2 aromatic heterocycles. The van der Waals surface area contributed by atoms with Crippen LogP contribution in [0.5, 0.6) is 11.6 Å². The number of methoxy groups -OCH3 is 2. The van der Waals surface area contributed by atoms with Crippen LogP contribution in [0.15, 0.2) is 60.9 Å². The van der Waals surface area contributed by atoms with Gasteiger partial charge in [0.05, 0.1) is 43.2 Å². The third-order valence-corrected chi connectivity index (χ3v) is 5.36. The average Bonchev–Trinajstić information content (AvgIpc) is 2.88. The molecule has 0 aliphatic heterocycles. The number of nitrogens with one attached hydrogen (secondary N) is 1. The number of benzene rings is 2. The predicted molar refractivity (Wildman–Crippen MR) is 132 cm³/mol. The van der Waals surface area contributed by atoms with Crippen LogP contribution in [0.4, 0.5) is 11.4 Å². The summed E-state index contributed by atoms with van der Waals surface area (Å²) in [4.78, 5) is 33.0. The van der Waals surface area contributed by atoms with Gasteiger partial charge in [0.2, 0.25) is 0 Å². The molecule has 4 rings (SSSR count). The molecule has 9 nitrogen and oxygen atoms in total. The molecule has 2 aromatic carbocycles. The summed E-state index contributed by atoms with van der Waals surface area (Å²) in [5, 5.41) is 3.90. The van der Waals surface area contributed by atoms with Gasteiger partial charge in [0, 0.05) is 29.0 Å². The third kappa shape index (κ3) is 4.70. The lowest BCUT2D eigenvalue weighted by Gasteiger charge is -2.15. The van der Waals surface area contributed by atoms with Crippen LogP contribution in [-0.4, -0.2) is 42.7 Å². The maximum atomic E-state index is 12.2. The van der Waals surface area contributed by atoms with E-state index in [-0.39, 0.29) is 12.2 Å². The molecule has 3 N–H and O–H groups in total. The fraction of sp³-hybridized carbons (Fsp3) is 0.154. The Morgan fingerprint density at radius 1 is 1.03 bits per heavy atom. The van der Waals surface area contributed by atoms with Gasteiger partial charge in [-0.2, -0.15) is 0 Å². The highest BCUT2D eigenvalue weighted by Crippen LogP contribution is 2.38. The summed E-state index contributed by atoms with van der Waals surface area (Å²) in [6.45, 7) is 2.02. The summed E-state index contributed by atoms with van der Waals surface area (Å²) in [6.07, 6.45) is 3.06. The van der Waals surface area contributed by atoms with Crippen LogP contribution in [-0.2, 0) is 4.74 Å². The first kappa shape index (κ1) is 23.5. The second-order valence-corrected chi connectivity index (χ2v) is 7.47. The van der Waals surface area contributed by atoms with E-state index >= 15 is 0 Å². The largest absolute Gasteiger partial charge is 0.491 e. The molecule has 2 heterocycles. The molecular formula is C26H24N4O5. The molecule has 1 amide bonds. The number of aromatic nitrogens is 2. The normalized spacial score (nSPS) is 10.6. The van der Waals surface area contributed by atoms with Crippen LogP contribution >= 0.6 is 0 Å². The molecule has 0 aliphatic carbocycles. The summed E-state index contributed by atoms with van der Waals surface area (Å²) in [5.74, 6) is -0.200. The molecule has 35 heavy (non-hydrogen) atoms. The zero-order valence-corrected chi connectivity index (χ0v) is 19.5. The minimum atomic E-state index is -0.631. The zero-order valence-electron chi connectivity index (χ0n) is 19.5. The molecule has 0 saturated heterocycles. The second kappa shape index (κ2) is 10.1. The molecule has 0 atom stereocenters. The number of hydrogen-bond donors (Lipinski definition) is 2. The fourth-order valence-corrected chi connectivity index (χ4v) is 3.76. The van der Waals surface area contributed by atoms with Gasteiger partial charge in [-0.05, 0) is 42.8 Å². The molecule has 178 valence electrons. The van der Waals surface area contributed by atoms with E-state index in [0.717, 1.165) is 11.1 Å². The second-order valence-electron chi connectivity index (χ2n) is 7.47. The lowest BCUT2D eigenvalue weighted by atomic mass is 10.0. The van der Waals surface area contributed by atoms with Crippen LogP contribution in [0.3, 0.4) is 0 Å². The number of anilines is 2. The Balaban J connectivity index is 1.81. The van der Waals surface area contributed by atoms with Gasteiger partial charge >= 0.3 is 5.97 Å². The monoisotopic (exact) mass is 472 g/mol. The number of amides is 1. The van der Waals surface area contributed by atoms with Crippen LogP contribution in [0, 0.1) is 0 Å². The quantitative estimate of drug-likeness (QED) is 0.363. The summed E-state index contributed by atoms with van der Waals surface area (Å²) in [5.41, 5.74) is 9.53. The number of fused-ring (bicyclic) bond motifs is 1. The van der Waals surface area contributed by atoms with Gasteiger partial charge in [-0.1, -0.05) is 18.2 Å². The van der Waals surface area contributed by atoms with Gasteiger partial charge in [-0.15, -0.1) is 0 Å². The first-order valence-electron chi connectivity index (χ1n) is 10.8. The average molecular weight is 473 g/mol. The van der Waals surface area contributed by atoms with E-state index in [1.165, 1.54) is 13.3 Å². The molecule has 0 unspecified atom stereocenters. The highest BCUT2D eigenvalue weighted by molar-refractivity contribution is 6.08. The van der Waals surface area contributed by atoms with Gasteiger partial charge in [-0.25, -0.2) is 9.78 Å². The van der Waals surface area contributed by atoms with Crippen LogP contribution in [0.25, 0.3) is 22.0 Å². The SMILES string of the molecule is CCOC(=O)c1cccc(Nc2c(C(N)=O)cnc3cc(-c4ccnc(OC)c4OC)ccc23)c1. The van der Waals surface area contributed by atoms with Gasteiger partial charge < -0.3 is 25.3 Å². The lowest BCUT2D eigenvalue weighted by molar-refractivity contribution is 0.0526. The van der Waals surface area contributed by atoms with E-state index in [1.54, 1.807) is 44.5 Å². The number of ether oxygens (including phenoxy) is 3. The minimum absolute atomic E-state index is 0.218. The van der Waals surface area contributed by atoms with Crippen molar-refractivity contribution < 1.29 is 23.8 Å². The summed E-state index contributed by atoms with van der Waals surface area (Å²) < 4.78 is 15.9. The topological polar surface area (TPSA) is 126 Å². The molecule has 0 fully saturated rings. The van der Waals surface area contributed by atoms with Crippen LogP contribution in [0.1, 0.15) is 27.6 Å². The van der Waals surface area contributed by atoms with Crippen molar-refractivity contribution in [1.82, 2.24) is 9.97 Å². The Hall–Kier alpha value is -4.66. The Morgan fingerprint density at radius 2 is 1.86 bits per heavy atom. The van der Waals surface area contributed by atoms with E-state index in [4.69, 9.17) is 19.9 Å². The van der Waals surface area contributed by atoms with Crippen molar-refractivity contribution >= 4 is 34.2 Å². The van der Waals surface area contributed by atoms with E-state index in [9.17, 15) is 9.59 Å². The Bertz CT molecular complexity index is 1420. The Kier molecular flexibility index (Phi) is 6.77. The zero-order chi connectivity index (χ0) is 24.9. The highest BCUT2D eigenvalue weighted by Gasteiger charge is 2.17. The van der Waals surface area contributed by atoms with Crippen LogP contribution in [0.2, 0.25) is 0 Å². The maximum absolute atomic E-state index is 12.2. The maximum Gasteiger partial charge on any atom is 0.338 e. The number of rotatable bonds is 8. The number of hydrogen-bond acceptors (Lipinski definition) is 8. The van der Waals surface area contributed by atoms with Crippen molar-refractivity contribution in [3.63, 3.8) is 0 Å².